The topological polar surface area (TPSA) is 55.5 Å². The molecule has 0 amide bonds. The summed E-state index contributed by atoms with van der Waals surface area (Å²) in [5.41, 5.74) is 6.88. The average molecular weight is 209 g/mol. The number of rotatable bonds is 5. The van der Waals surface area contributed by atoms with Crippen molar-refractivity contribution in [3.63, 3.8) is 0 Å². The van der Waals surface area contributed by atoms with Gasteiger partial charge in [0.1, 0.15) is 5.75 Å². The first-order valence-electron chi connectivity index (χ1n) is 5.26. The fourth-order valence-corrected chi connectivity index (χ4v) is 1.37. The first-order chi connectivity index (χ1) is 7.13. The summed E-state index contributed by atoms with van der Waals surface area (Å²) in [6.07, 6.45) is 0.770. The van der Waals surface area contributed by atoms with Crippen molar-refractivity contribution in [1.29, 1.82) is 0 Å². The summed E-state index contributed by atoms with van der Waals surface area (Å²) in [6, 6.07) is 7.61. The number of hydrogen-bond acceptors (Lipinski definition) is 3. The van der Waals surface area contributed by atoms with Crippen molar-refractivity contribution in [2.45, 2.75) is 32.4 Å². The second-order valence-corrected chi connectivity index (χ2v) is 3.85. The predicted octanol–water partition coefficient (Wildman–Crippen LogP) is 1.86. The molecule has 0 fully saturated rings. The zero-order valence-electron chi connectivity index (χ0n) is 9.31. The smallest absolute Gasteiger partial charge is 0.119 e. The molecule has 0 unspecified atom stereocenters. The third-order valence-electron chi connectivity index (χ3n) is 2.12. The Bertz CT molecular complexity index is 282. The van der Waals surface area contributed by atoms with Gasteiger partial charge in [-0.3, -0.25) is 0 Å². The van der Waals surface area contributed by atoms with Crippen LogP contribution >= 0.6 is 0 Å². The van der Waals surface area contributed by atoms with E-state index in [1.54, 1.807) is 0 Å². The second-order valence-electron chi connectivity index (χ2n) is 3.85. The Hall–Kier alpha value is -1.06. The molecule has 3 N–H and O–H groups in total. The number of aliphatic hydroxyl groups excluding tert-OH is 1. The van der Waals surface area contributed by atoms with Gasteiger partial charge in [0.2, 0.25) is 0 Å². The van der Waals surface area contributed by atoms with Crippen LogP contribution in [0.25, 0.3) is 0 Å². The molecule has 3 nitrogen and oxygen atoms in total. The molecule has 0 saturated heterocycles. The molecule has 84 valence electrons. The molecule has 1 aromatic carbocycles. The summed E-state index contributed by atoms with van der Waals surface area (Å²) in [7, 11) is 0. The van der Waals surface area contributed by atoms with Gasteiger partial charge in [-0.15, -0.1) is 0 Å². The van der Waals surface area contributed by atoms with Crippen molar-refractivity contribution in [2.24, 2.45) is 5.73 Å². The van der Waals surface area contributed by atoms with Crippen molar-refractivity contribution in [1.82, 2.24) is 0 Å². The summed E-state index contributed by atoms with van der Waals surface area (Å²) in [6.45, 7) is 4.10. The maximum absolute atomic E-state index is 8.77. The van der Waals surface area contributed by atoms with Crippen LogP contribution in [0.5, 0.6) is 5.75 Å². The molecule has 1 atom stereocenters. The minimum absolute atomic E-state index is 0.0944. The van der Waals surface area contributed by atoms with E-state index in [1.165, 1.54) is 0 Å². The maximum Gasteiger partial charge on any atom is 0.119 e. The lowest BCUT2D eigenvalue weighted by Crippen LogP contribution is -2.12. The van der Waals surface area contributed by atoms with Crippen molar-refractivity contribution in [3.8, 4) is 5.75 Å². The highest BCUT2D eigenvalue weighted by molar-refractivity contribution is 5.29. The number of hydrogen-bond donors (Lipinski definition) is 2. The zero-order valence-corrected chi connectivity index (χ0v) is 9.31. The maximum atomic E-state index is 8.77. The Balaban J connectivity index is 2.63. The van der Waals surface area contributed by atoms with Crippen LogP contribution in [-0.4, -0.2) is 17.8 Å². The number of aliphatic hydroxyl groups is 1. The molecule has 0 aromatic heterocycles. The Kier molecular flexibility index (Phi) is 4.59. The number of ether oxygens (including phenoxy) is 1. The van der Waals surface area contributed by atoms with E-state index in [2.05, 4.69) is 0 Å². The van der Waals surface area contributed by atoms with Crippen molar-refractivity contribution in [2.75, 3.05) is 6.61 Å². The number of nitrogens with two attached hydrogens (primary N) is 1. The minimum atomic E-state index is -0.0944. The number of benzene rings is 1. The molecule has 1 aromatic rings. The van der Waals surface area contributed by atoms with Gasteiger partial charge >= 0.3 is 0 Å². The molecule has 0 aliphatic carbocycles. The lowest BCUT2D eigenvalue weighted by Gasteiger charge is -2.13. The van der Waals surface area contributed by atoms with Crippen molar-refractivity contribution < 1.29 is 9.84 Å². The third kappa shape index (κ3) is 3.90. The molecular weight excluding hydrogens is 190 g/mol. The summed E-state index contributed by atoms with van der Waals surface area (Å²) >= 11 is 0. The molecular formula is C12H19NO2. The Morgan fingerprint density at radius 2 is 1.87 bits per heavy atom. The molecule has 0 aliphatic heterocycles. The van der Waals surface area contributed by atoms with Crippen LogP contribution in [0.2, 0.25) is 0 Å². The highest BCUT2D eigenvalue weighted by Gasteiger charge is 2.05. The van der Waals surface area contributed by atoms with Crippen LogP contribution in [0.15, 0.2) is 24.3 Å². The van der Waals surface area contributed by atoms with E-state index in [9.17, 15) is 0 Å². The van der Waals surface area contributed by atoms with Gasteiger partial charge in [0, 0.05) is 12.6 Å². The first-order valence-corrected chi connectivity index (χ1v) is 5.26. The summed E-state index contributed by atoms with van der Waals surface area (Å²) < 4.78 is 5.52. The standard InChI is InChI=1S/C12H19NO2/c1-9(2)15-11-5-3-10(4-6-11)12(13)7-8-14/h3-6,9,12,14H,7-8,13H2,1-2H3/t12-/m1/s1. The summed E-state index contributed by atoms with van der Waals surface area (Å²) in [4.78, 5) is 0. The lowest BCUT2D eigenvalue weighted by atomic mass is 10.1. The highest BCUT2D eigenvalue weighted by Crippen LogP contribution is 2.18. The predicted molar refractivity (Wildman–Crippen MR) is 60.8 cm³/mol. The van der Waals surface area contributed by atoms with E-state index in [0.29, 0.717) is 6.42 Å². The van der Waals surface area contributed by atoms with Gasteiger partial charge in [-0.2, -0.15) is 0 Å². The van der Waals surface area contributed by atoms with Crippen molar-refractivity contribution in [3.05, 3.63) is 29.8 Å². The van der Waals surface area contributed by atoms with Crippen molar-refractivity contribution >= 4 is 0 Å². The van der Waals surface area contributed by atoms with Gasteiger partial charge in [0.25, 0.3) is 0 Å². The van der Waals surface area contributed by atoms with E-state index >= 15 is 0 Å². The van der Waals surface area contributed by atoms with Crippen LogP contribution in [0.3, 0.4) is 0 Å². The summed E-state index contributed by atoms with van der Waals surface area (Å²) in [5.74, 6) is 0.852. The van der Waals surface area contributed by atoms with Gasteiger partial charge in [-0.25, -0.2) is 0 Å². The molecule has 0 radical (unpaired) electrons. The SMILES string of the molecule is CC(C)Oc1ccc([C@H](N)CCO)cc1. The minimum Gasteiger partial charge on any atom is -0.491 e. The van der Waals surface area contributed by atoms with Crippen LogP contribution in [0.4, 0.5) is 0 Å². The fraction of sp³-hybridized carbons (Fsp3) is 0.500. The molecule has 0 saturated carbocycles. The third-order valence-corrected chi connectivity index (χ3v) is 2.12. The van der Waals surface area contributed by atoms with Crippen LogP contribution in [0, 0.1) is 0 Å². The van der Waals surface area contributed by atoms with E-state index in [1.807, 2.05) is 38.1 Å². The van der Waals surface area contributed by atoms with Crippen LogP contribution in [-0.2, 0) is 0 Å². The summed E-state index contributed by atoms with van der Waals surface area (Å²) in [5, 5.41) is 8.77. The molecule has 1 rings (SSSR count). The lowest BCUT2D eigenvalue weighted by molar-refractivity contribution is 0.242. The Morgan fingerprint density at radius 1 is 1.27 bits per heavy atom. The van der Waals surface area contributed by atoms with Crippen LogP contribution in [0.1, 0.15) is 31.9 Å². The highest BCUT2D eigenvalue weighted by atomic mass is 16.5. The van der Waals surface area contributed by atoms with Gasteiger partial charge in [-0.05, 0) is 38.0 Å². The largest absolute Gasteiger partial charge is 0.491 e. The normalized spacial score (nSPS) is 12.9. The Morgan fingerprint density at radius 3 is 2.33 bits per heavy atom. The molecule has 0 heterocycles. The monoisotopic (exact) mass is 209 g/mol. The molecule has 15 heavy (non-hydrogen) atoms. The van der Waals surface area contributed by atoms with Gasteiger partial charge in [0.05, 0.1) is 6.10 Å². The molecule has 0 spiro atoms. The first kappa shape index (κ1) is 12.0. The molecule has 0 aliphatic rings. The fourth-order valence-electron chi connectivity index (χ4n) is 1.37. The second kappa shape index (κ2) is 5.73. The van der Waals surface area contributed by atoms with E-state index < -0.39 is 0 Å². The molecule has 0 bridgehead atoms. The van der Waals surface area contributed by atoms with E-state index in [0.717, 1.165) is 11.3 Å². The van der Waals surface area contributed by atoms with E-state index in [4.69, 9.17) is 15.6 Å². The molecule has 3 heteroatoms. The van der Waals surface area contributed by atoms with Gasteiger partial charge in [0.15, 0.2) is 0 Å². The van der Waals surface area contributed by atoms with Gasteiger partial charge in [-0.1, -0.05) is 12.1 Å². The zero-order chi connectivity index (χ0) is 11.3. The Labute approximate surface area is 90.9 Å². The van der Waals surface area contributed by atoms with Crippen LogP contribution < -0.4 is 10.5 Å². The van der Waals surface area contributed by atoms with Gasteiger partial charge < -0.3 is 15.6 Å². The average Bonchev–Trinajstić information content (AvgIpc) is 2.18. The van der Waals surface area contributed by atoms with E-state index in [-0.39, 0.29) is 18.8 Å². The quantitative estimate of drug-likeness (QED) is 0.778.